The van der Waals surface area contributed by atoms with E-state index in [2.05, 4.69) is 15.6 Å². The largest absolute Gasteiger partial charge is 0.467 e. The Kier molecular flexibility index (Phi) is 5.33. The van der Waals surface area contributed by atoms with Crippen LogP contribution in [0.5, 0.6) is 11.5 Å². The van der Waals surface area contributed by atoms with Crippen molar-refractivity contribution in [2.45, 2.75) is 31.3 Å². The second-order valence-corrected chi connectivity index (χ2v) is 5.98. The molecule has 138 valence electrons. The van der Waals surface area contributed by atoms with Crippen LogP contribution in [0.15, 0.2) is 23.4 Å². The normalized spacial score (nSPS) is 18.8. The summed E-state index contributed by atoms with van der Waals surface area (Å²) in [5.41, 5.74) is 11.9. The summed E-state index contributed by atoms with van der Waals surface area (Å²) in [5.74, 6) is 0.487. The van der Waals surface area contributed by atoms with Crippen molar-refractivity contribution in [3.05, 3.63) is 34.2 Å². The molecule has 1 saturated heterocycles. The van der Waals surface area contributed by atoms with E-state index in [1.165, 1.54) is 12.0 Å². The Morgan fingerprint density at radius 3 is 3.04 bits per heavy atom. The smallest absolute Gasteiger partial charge is 0.328 e. The number of amides is 1. The zero-order valence-corrected chi connectivity index (χ0v) is 14.3. The van der Waals surface area contributed by atoms with Crippen molar-refractivity contribution in [2.24, 2.45) is 5.22 Å². The van der Waals surface area contributed by atoms with E-state index in [0.717, 1.165) is 5.56 Å². The van der Waals surface area contributed by atoms with Crippen molar-refractivity contribution in [2.75, 3.05) is 20.4 Å². The molecular weight excluding hydrogens is 342 g/mol. The topological polar surface area (TPSA) is 126 Å². The summed E-state index contributed by atoms with van der Waals surface area (Å²) < 4.78 is 15.4. The second kappa shape index (κ2) is 7.83. The molecule has 0 bridgehead atoms. The highest BCUT2D eigenvalue weighted by Crippen LogP contribution is 2.33. The summed E-state index contributed by atoms with van der Waals surface area (Å²) >= 11 is 0. The molecule has 0 aromatic heterocycles. The minimum atomic E-state index is -0.809. The Morgan fingerprint density at radius 2 is 2.27 bits per heavy atom. The number of hydrogen-bond acceptors (Lipinski definition) is 6. The maximum atomic E-state index is 12.9. The molecule has 1 amide bonds. The number of nitrogens with one attached hydrogen (secondary N) is 1. The molecule has 1 N–H and O–H groups in total. The van der Waals surface area contributed by atoms with E-state index in [9.17, 15) is 9.59 Å². The first kappa shape index (κ1) is 17.7. The van der Waals surface area contributed by atoms with Crippen molar-refractivity contribution in [1.82, 2.24) is 10.3 Å². The molecule has 1 aromatic carbocycles. The lowest BCUT2D eigenvalue weighted by Gasteiger charge is -2.25. The van der Waals surface area contributed by atoms with E-state index in [1.54, 1.807) is 12.1 Å². The number of rotatable bonds is 6. The summed E-state index contributed by atoms with van der Waals surface area (Å²) in [6.07, 6.45) is 1.53. The summed E-state index contributed by atoms with van der Waals surface area (Å²) in [6, 6.07) is 3.94. The van der Waals surface area contributed by atoms with Crippen LogP contribution in [0.3, 0.4) is 0 Å². The lowest BCUT2D eigenvalue weighted by molar-refractivity contribution is -0.151. The number of carbonyl (C=O) groups excluding carboxylic acids is 2. The highest BCUT2D eigenvalue weighted by molar-refractivity contribution is 5.88. The van der Waals surface area contributed by atoms with Crippen LogP contribution in [0.2, 0.25) is 0 Å². The van der Waals surface area contributed by atoms with Crippen LogP contribution in [0.4, 0.5) is 0 Å². The standard InChI is InChI=1S/C16H19N5O5/c1-24-16(23)12-3-2-6-21(12)15(22)11(18-20-19-17)7-10-4-5-13-14(8-10)26-9-25-13/h4-5,8,11-12,18H,2-3,6-7,9H2,1H3/t11-,12+/m1/s1. The number of azide groups is 1. The predicted octanol–water partition coefficient (Wildman–Crippen LogP) is 1.31. The third-order valence-corrected chi connectivity index (χ3v) is 4.44. The fourth-order valence-electron chi connectivity index (χ4n) is 3.20. The Balaban J connectivity index is 1.77. The van der Waals surface area contributed by atoms with Crippen LogP contribution < -0.4 is 14.9 Å². The molecule has 0 spiro atoms. The van der Waals surface area contributed by atoms with Gasteiger partial charge in [-0.25, -0.2) is 10.2 Å². The van der Waals surface area contributed by atoms with Gasteiger partial charge in [0.15, 0.2) is 17.5 Å². The molecule has 0 saturated carbocycles. The number of esters is 1. The molecule has 0 radical (unpaired) electrons. The number of hydrogen-bond donors (Lipinski definition) is 1. The molecule has 1 aromatic rings. The highest BCUT2D eigenvalue weighted by atomic mass is 16.7. The molecule has 2 aliphatic heterocycles. The minimum Gasteiger partial charge on any atom is -0.467 e. The van der Waals surface area contributed by atoms with Crippen molar-refractivity contribution in [3.63, 3.8) is 0 Å². The van der Waals surface area contributed by atoms with Crippen LogP contribution in [-0.4, -0.2) is 49.3 Å². The molecule has 1 fully saturated rings. The minimum absolute atomic E-state index is 0.159. The van der Waals surface area contributed by atoms with Gasteiger partial charge in [0.1, 0.15) is 6.04 Å². The Morgan fingerprint density at radius 1 is 1.46 bits per heavy atom. The highest BCUT2D eigenvalue weighted by Gasteiger charge is 2.39. The van der Waals surface area contributed by atoms with E-state index in [4.69, 9.17) is 19.7 Å². The molecule has 0 aliphatic carbocycles. The van der Waals surface area contributed by atoms with Gasteiger partial charge < -0.3 is 19.1 Å². The van der Waals surface area contributed by atoms with Gasteiger partial charge in [-0.05, 0) is 35.8 Å². The number of fused-ring (bicyclic) bond motifs is 1. The molecule has 10 heteroatoms. The van der Waals surface area contributed by atoms with Gasteiger partial charge in [-0.3, -0.25) is 4.79 Å². The number of likely N-dealkylation sites (tertiary alicyclic amines) is 1. The lowest BCUT2D eigenvalue weighted by atomic mass is 10.0. The molecule has 3 rings (SSSR count). The zero-order chi connectivity index (χ0) is 18.5. The number of ether oxygens (including phenoxy) is 3. The Hall–Kier alpha value is -3.13. The first-order chi connectivity index (χ1) is 12.6. The predicted molar refractivity (Wildman–Crippen MR) is 89.1 cm³/mol. The molecule has 10 nitrogen and oxygen atoms in total. The van der Waals surface area contributed by atoms with Gasteiger partial charge in [0.25, 0.3) is 5.91 Å². The fraction of sp³-hybridized carbons (Fsp3) is 0.500. The first-order valence-electron chi connectivity index (χ1n) is 8.20. The number of benzene rings is 1. The van der Waals surface area contributed by atoms with Gasteiger partial charge in [-0.15, -0.1) is 5.53 Å². The number of nitrogens with zero attached hydrogens (tertiary/aromatic N) is 4. The average molecular weight is 361 g/mol. The van der Waals surface area contributed by atoms with Gasteiger partial charge >= 0.3 is 5.97 Å². The third-order valence-electron chi connectivity index (χ3n) is 4.44. The van der Waals surface area contributed by atoms with Crippen molar-refractivity contribution >= 4 is 11.9 Å². The van der Waals surface area contributed by atoms with E-state index >= 15 is 0 Å². The van der Waals surface area contributed by atoms with Crippen molar-refractivity contribution in [3.8, 4) is 11.5 Å². The fourth-order valence-corrected chi connectivity index (χ4v) is 3.20. The monoisotopic (exact) mass is 361 g/mol. The van der Waals surface area contributed by atoms with Crippen molar-refractivity contribution in [1.29, 1.82) is 0 Å². The first-order valence-corrected chi connectivity index (χ1v) is 8.20. The van der Waals surface area contributed by atoms with E-state index in [-0.39, 0.29) is 19.1 Å². The van der Waals surface area contributed by atoms with Crippen LogP contribution in [0.1, 0.15) is 18.4 Å². The van der Waals surface area contributed by atoms with Crippen LogP contribution in [0, 0.1) is 0 Å². The SMILES string of the molecule is COC(=O)[C@@H]1CCCN1C(=O)[C@@H](Cc1ccc2c(c1)OCO2)NN=[N+]=[N-]. The number of methoxy groups -OCH3 is 1. The van der Waals surface area contributed by atoms with Crippen LogP contribution in [0.25, 0.3) is 10.4 Å². The van der Waals surface area contributed by atoms with Gasteiger partial charge in [0, 0.05) is 13.0 Å². The molecule has 26 heavy (non-hydrogen) atoms. The third kappa shape index (κ3) is 3.60. The van der Waals surface area contributed by atoms with Gasteiger partial charge in [0.05, 0.1) is 7.11 Å². The molecule has 2 atom stereocenters. The summed E-state index contributed by atoms with van der Waals surface area (Å²) in [6.45, 7) is 0.612. The molecule has 2 heterocycles. The van der Waals surface area contributed by atoms with E-state index < -0.39 is 18.1 Å². The summed E-state index contributed by atoms with van der Waals surface area (Å²) in [7, 11) is 1.30. The molecule has 0 unspecified atom stereocenters. The van der Waals surface area contributed by atoms with Gasteiger partial charge in [-0.2, -0.15) is 4.91 Å². The zero-order valence-electron chi connectivity index (χ0n) is 14.3. The maximum absolute atomic E-state index is 12.9. The Labute approximate surface area is 149 Å². The maximum Gasteiger partial charge on any atom is 0.328 e. The lowest BCUT2D eigenvalue weighted by Crippen LogP contribution is -2.50. The summed E-state index contributed by atoms with van der Waals surface area (Å²) in [5, 5.41) is 3.33. The average Bonchev–Trinajstić information content (AvgIpc) is 3.32. The van der Waals surface area contributed by atoms with Gasteiger partial charge in [0.2, 0.25) is 6.79 Å². The van der Waals surface area contributed by atoms with Crippen LogP contribution in [-0.2, 0) is 20.7 Å². The van der Waals surface area contributed by atoms with Crippen molar-refractivity contribution < 1.29 is 23.8 Å². The van der Waals surface area contributed by atoms with E-state index in [0.29, 0.717) is 30.9 Å². The number of carbonyl (C=O) groups is 2. The quantitative estimate of drug-likeness (QED) is 0.268. The summed E-state index contributed by atoms with van der Waals surface area (Å²) in [4.78, 5) is 29.0. The molecular formula is C16H19N5O5. The second-order valence-electron chi connectivity index (χ2n) is 5.98. The molecule has 2 aliphatic rings. The van der Waals surface area contributed by atoms with Gasteiger partial charge in [-0.1, -0.05) is 6.07 Å². The van der Waals surface area contributed by atoms with E-state index in [1.807, 2.05) is 6.07 Å². The Bertz CT molecular complexity index is 749. The van der Waals surface area contributed by atoms with Crippen LogP contribution >= 0.6 is 0 Å².